The highest BCUT2D eigenvalue weighted by Crippen LogP contribution is 2.24. The van der Waals surface area contributed by atoms with Crippen LogP contribution in [0.3, 0.4) is 0 Å². The molecular formula is C11H22N2. The summed E-state index contributed by atoms with van der Waals surface area (Å²) >= 11 is 0. The molecule has 0 aromatic carbocycles. The lowest BCUT2D eigenvalue weighted by molar-refractivity contribution is 0.0880. The Balaban J connectivity index is 1.86. The Morgan fingerprint density at radius 2 is 1.85 bits per heavy atom. The smallest absolute Gasteiger partial charge is 0.00221 e. The predicted molar refractivity (Wildman–Crippen MR) is 55.7 cm³/mol. The van der Waals surface area contributed by atoms with Crippen LogP contribution in [0.25, 0.3) is 0 Å². The van der Waals surface area contributed by atoms with Gasteiger partial charge in [-0.3, -0.25) is 0 Å². The van der Waals surface area contributed by atoms with E-state index < -0.39 is 0 Å². The van der Waals surface area contributed by atoms with E-state index in [0.717, 1.165) is 17.8 Å². The number of rotatable bonds is 2. The average molecular weight is 182 g/mol. The minimum Gasteiger partial charge on any atom is -0.316 e. The Morgan fingerprint density at radius 1 is 1.23 bits per heavy atom. The van der Waals surface area contributed by atoms with E-state index >= 15 is 0 Å². The van der Waals surface area contributed by atoms with Crippen molar-refractivity contribution in [1.29, 1.82) is 0 Å². The molecule has 0 saturated carbocycles. The molecule has 2 heterocycles. The van der Waals surface area contributed by atoms with Gasteiger partial charge in [-0.05, 0) is 37.3 Å². The molecule has 2 heteroatoms. The first-order valence-electron chi connectivity index (χ1n) is 5.67. The number of likely N-dealkylation sites (tertiary alicyclic amines) is 1. The van der Waals surface area contributed by atoms with Crippen molar-refractivity contribution in [3.05, 3.63) is 0 Å². The summed E-state index contributed by atoms with van der Waals surface area (Å²) in [7, 11) is 0. The van der Waals surface area contributed by atoms with E-state index in [-0.39, 0.29) is 0 Å². The first kappa shape index (κ1) is 9.47. The molecule has 2 nitrogen and oxygen atoms in total. The highest BCUT2D eigenvalue weighted by atomic mass is 15.2. The van der Waals surface area contributed by atoms with Crippen molar-refractivity contribution < 1.29 is 0 Å². The fraction of sp³-hybridized carbons (Fsp3) is 1.00. The first-order valence-corrected chi connectivity index (χ1v) is 5.67. The third-order valence-electron chi connectivity index (χ3n) is 3.19. The van der Waals surface area contributed by atoms with Crippen molar-refractivity contribution in [2.45, 2.75) is 20.3 Å². The van der Waals surface area contributed by atoms with Gasteiger partial charge in [0.15, 0.2) is 0 Å². The second-order valence-electron chi connectivity index (χ2n) is 5.24. The standard InChI is InChI=1S/C11H22N2/c1-9(2)6-13-7-10-3-11(8-13)5-12-4-10/h9-12H,3-8H2,1-2H3/t10-,11-/m0/s1. The van der Waals surface area contributed by atoms with Crippen LogP contribution in [0.1, 0.15) is 20.3 Å². The van der Waals surface area contributed by atoms with Crippen LogP contribution in [0, 0.1) is 17.8 Å². The second kappa shape index (κ2) is 3.97. The Bertz CT molecular complexity index is 155. The Morgan fingerprint density at radius 3 is 2.38 bits per heavy atom. The molecule has 2 fully saturated rings. The molecule has 2 bridgehead atoms. The topological polar surface area (TPSA) is 15.3 Å². The fourth-order valence-electron chi connectivity index (χ4n) is 2.88. The van der Waals surface area contributed by atoms with Gasteiger partial charge >= 0.3 is 0 Å². The monoisotopic (exact) mass is 182 g/mol. The predicted octanol–water partition coefficient (Wildman–Crippen LogP) is 1.18. The minimum atomic E-state index is 0.826. The van der Waals surface area contributed by atoms with Crippen LogP contribution in [0.2, 0.25) is 0 Å². The van der Waals surface area contributed by atoms with Crippen LogP contribution in [0.4, 0.5) is 0 Å². The van der Waals surface area contributed by atoms with Crippen LogP contribution in [-0.4, -0.2) is 37.6 Å². The highest BCUT2D eigenvalue weighted by molar-refractivity contribution is 4.85. The summed E-state index contributed by atoms with van der Waals surface area (Å²) < 4.78 is 0. The Kier molecular flexibility index (Phi) is 2.89. The third kappa shape index (κ3) is 2.44. The van der Waals surface area contributed by atoms with Gasteiger partial charge in [0.2, 0.25) is 0 Å². The summed E-state index contributed by atoms with van der Waals surface area (Å²) in [5.41, 5.74) is 0. The van der Waals surface area contributed by atoms with E-state index in [4.69, 9.17) is 0 Å². The lowest BCUT2D eigenvalue weighted by Gasteiger charge is -2.42. The zero-order valence-corrected chi connectivity index (χ0v) is 8.92. The molecule has 1 N–H and O–H groups in total. The van der Waals surface area contributed by atoms with Gasteiger partial charge in [-0.15, -0.1) is 0 Å². The van der Waals surface area contributed by atoms with Crippen LogP contribution in [0.5, 0.6) is 0 Å². The summed E-state index contributed by atoms with van der Waals surface area (Å²) in [6.07, 6.45) is 1.47. The van der Waals surface area contributed by atoms with Crippen molar-refractivity contribution >= 4 is 0 Å². The number of hydrogen-bond acceptors (Lipinski definition) is 2. The normalized spacial score (nSPS) is 35.3. The number of fused-ring (bicyclic) bond motifs is 2. The maximum absolute atomic E-state index is 3.53. The van der Waals surface area contributed by atoms with Gasteiger partial charge in [-0.2, -0.15) is 0 Å². The van der Waals surface area contributed by atoms with Gasteiger partial charge < -0.3 is 10.2 Å². The molecule has 0 spiro atoms. The van der Waals surface area contributed by atoms with E-state index in [2.05, 4.69) is 24.1 Å². The summed E-state index contributed by atoms with van der Waals surface area (Å²) in [6.45, 7) is 11.1. The molecule has 2 rings (SSSR count). The van der Waals surface area contributed by atoms with E-state index in [1.165, 1.54) is 39.1 Å². The molecular weight excluding hydrogens is 160 g/mol. The van der Waals surface area contributed by atoms with Crippen LogP contribution in [-0.2, 0) is 0 Å². The summed E-state index contributed by atoms with van der Waals surface area (Å²) in [4.78, 5) is 2.67. The number of hydrogen-bond donors (Lipinski definition) is 1. The fourth-order valence-corrected chi connectivity index (χ4v) is 2.88. The van der Waals surface area contributed by atoms with Gasteiger partial charge in [0.05, 0.1) is 0 Å². The molecule has 2 aliphatic rings. The first-order chi connectivity index (χ1) is 6.24. The summed E-state index contributed by atoms with van der Waals surface area (Å²) in [5, 5.41) is 3.53. The van der Waals surface area contributed by atoms with E-state index in [1.807, 2.05) is 0 Å². The summed E-state index contributed by atoms with van der Waals surface area (Å²) in [5.74, 6) is 2.70. The van der Waals surface area contributed by atoms with Crippen molar-refractivity contribution in [3.63, 3.8) is 0 Å². The van der Waals surface area contributed by atoms with E-state index in [0.29, 0.717) is 0 Å². The third-order valence-corrected chi connectivity index (χ3v) is 3.19. The lowest BCUT2D eigenvalue weighted by Crippen LogP contribution is -2.51. The second-order valence-corrected chi connectivity index (χ2v) is 5.24. The highest BCUT2D eigenvalue weighted by Gasteiger charge is 2.30. The van der Waals surface area contributed by atoms with Crippen molar-refractivity contribution in [3.8, 4) is 0 Å². The molecule has 0 aromatic rings. The molecule has 0 unspecified atom stereocenters. The molecule has 2 saturated heterocycles. The molecule has 0 aliphatic carbocycles. The molecule has 13 heavy (non-hydrogen) atoms. The average Bonchev–Trinajstić information content (AvgIpc) is 2.01. The maximum atomic E-state index is 3.53. The van der Waals surface area contributed by atoms with Gasteiger partial charge in [-0.1, -0.05) is 13.8 Å². The van der Waals surface area contributed by atoms with Gasteiger partial charge in [0, 0.05) is 19.6 Å². The lowest BCUT2D eigenvalue weighted by atomic mass is 9.85. The molecule has 0 aromatic heterocycles. The number of nitrogens with zero attached hydrogens (tertiary/aromatic N) is 1. The van der Waals surface area contributed by atoms with Crippen molar-refractivity contribution in [1.82, 2.24) is 10.2 Å². The molecule has 2 aliphatic heterocycles. The molecule has 76 valence electrons. The van der Waals surface area contributed by atoms with E-state index in [9.17, 15) is 0 Å². The Hall–Kier alpha value is -0.0800. The van der Waals surface area contributed by atoms with E-state index in [1.54, 1.807) is 0 Å². The largest absolute Gasteiger partial charge is 0.316 e. The quantitative estimate of drug-likeness (QED) is 0.690. The summed E-state index contributed by atoms with van der Waals surface area (Å²) in [6, 6.07) is 0. The van der Waals surface area contributed by atoms with Crippen molar-refractivity contribution in [2.75, 3.05) is 32.7 Å². The molecule has 0 radical (unpaired) electrons. The SMILES string of the molecule is CC(C)CN1C[C@@H]2CNC[C@H](C2)C1. The maximum Gasteiger partial charge on any atom is 0.00221 e. The molecule has 2 atom stereocenters. The molecule has 0 amide bonds. The minimum absolute atomic E-state index is 0.826. The number of nitrogens with one attached hydrogen (secondary N) is 1. The van der Waals surface area contributed by atoms with Gasteiger partial charge in [0.25, 0.3) is 0 Å². The van der Waals surface area contributed by atoms with Crippen LogP contribution < -0.4 is 5.32 Å². The Labute approximate surface area is 81.7 Å². The van der Waals surface area contributed by atoms with Gasteiger partial charge in [0.1, 0.15) is 0 Å². The zero-order valence-electron chi connectivity index (χ0n) is 8.92. The zero-order chi connectivity index (χ0) is 9.26. The van der Waals surface area contributed by atoms with Crippen LogP contribution >= 0.6 is 0 Å². The van der Waals surface area contributed by atoms with Gasteiger partial charge in [-0.25, -0.2) is 0 Å². The number of piperidine rings is 2. The van der Waals surface area contributed by atoms with Crippen molar-refractivity contribution in [2.24, 2.45) is 17.8 Å². The van der Waals surface area contributed by atoms with Crippen LogP contribution in [0.15, 0.2) is 0 Å².